The third kappa shape index (κ3) is 2.98. The van der Waals surface area contributed by atoms with Gasteiger partial charge in [0.05, 0.1) is 26.4 Å². The molecule has 1 aliphatic heterocycles. The maximum Gasteiger partial charge on any atom is 0.217 e. The SMILES string of the molecule is COc1ncccc1CN1CC(CO)OCC1C. The molecule has 2 heterocycles. The van der Waals surface area contributed by atoms with Gasteiger partial charge in [0.25, 0.3) is 0 Å². The van der Waals surface area contributed by atoms with Crippen LogP contribution in [0.25, 0.3) is 0 Å². The monoisotopic (exact) mass is 252 g/mol. The molecule has 100 valence electrons. The Morgan fingerprint density at radius 1 is 1.61 bits per heavy atom. The summed E-state index contributed by atoms with van der Waals surface area (Å²) in [6.07, 6.45) is 1.63. The van der Waals surface area contributed by atoms with Gasteiger partial charge in [0.2, 0.25) is 5.88 Å². The molecule has 0 radical (unpaired) electrons. The van der Waals surface area contributed by atoms with E-state index >= 15 is 0 Å². The molecule has 0 saturated carbocycles. The average molecular weight is 252 g/mol. The first kappa shape index (κ1) is 13.3. The maximum absolute atomic E-state index is 9.17. The standard InChI is InChI=1S/C13H20N2O3/c1-10-9-18-12(8-16)7-15(10)6-11-4-3-5-14-13(11)17-2/h3-5,10,12,16H,6-9H2,1-2H3. The maximum atomic E-state index is 9.17. The Hall–Kier alpha value is -1.17. The molecular formula is C13H20N2O3. The highest BCUT2D eigenvalue weighted by atomic mass is 16.5. The van der Waals surface area contributed by atoms with Gasteiger partial charge in [0.1, 0.15) is 0 Å². The summed E-state index contributed by atoms with van der Waals surface area (Å²) in [5, 5.41) is 9.17. The molecule has 0 amide bonds. The summed E-state index contributed by atoms with van der Waals surface area (Å²) in [4.78, 5) is 6.48. The minimum Gasteiger partial charge on any atom is -0.481 e. The quantitative estimate of drug-likeness (QED) is 0.853. The summed E-state index contributed by atoms with van der Waals surface area (Å²) >= 11 is 0. The van der Waals surface area contributed by atoms with Crippen LogP contribution in [0, 0.1) is 0 Å². The van der Waals surface area contributed by atoms with Crippen molar-refractivity contribution in [1.29, 1.82) is 0 Å². The third-order valence-corrected chi connectivity index (χ3v) is 3.26. The topological polar surface area (TPSA) is 54.8 Å². The zero-order chi connectivity index (χ0) is 13.0. The molecule has 1 aliphatic rings. The van der Waals surface area contributed by atoms with Crippen LogP contribution in [0.4, 0.5) is 0 Å². The molecule has 1 aromatic rings. The number of methoxy groups -OCH3 is 1. The van der Waals surface area contributed by atoms with Crippen LogP contribution in [-0.4, -0.2) is 54.0 Å². The first-order valence-electron chi connectivity index (χ1n) is 6.19. The fraction of sp³-hybridized carbons (Fsp3) is 0.615. The lowest BCUT2D eigenvalue weighted by atomic mass is 10.1. The molecule has 5 heteroatoms. The molecule has 2 atom stereocenters. The van der Waals surface area contributed by atoms with Gasteiger partial charge >= 0.3 is 0 Å². The van der Waals surface area contributed by atoms with Crippen LogP contribution in [-0.2, 0) is 11.3 Å². The largest absolute Gasteiger partial charge is 0.481 e. The molecule has 2 unspecified atom stereocenters. The van der Waals surface area contributed by atoms with Crippen LogP contribution in [0.15, 0.2) is 18.3 Å². The first-order valence-corrected chi connectivity index (χ1v) is 6.19. The minimum absolute atomic E-state index is 0.0629. The van der Waals surface area contributed by atoms with Crippen LogP contribution in [0.2, 0.25) is 0 Å². The number of pyridine rings is 1. The fourth-order valence-corrected chi connectivity index (χ4v) is 2.15. The number of aliphatic hydroxyl groups is 1. The van der Waals surface area contributed by atoms with Crippen LogP contribution < -0.4 is 4.74 Å². The Bertz CT molecular complexity index is 386. The number of morpholine rings is 1. The second-order valence-electron chi connectivity index (χ2n) is 4.59. The van der Waals surface area contributed by atoms with Gasteiger partial charge in [-0.05, 0) is 13.0 Å². The molecule has 0 spiro atoms. The Balaban J connectivity index is 2.07. The highest BCUT2D eigenvalue weighted by Crippen LogP contribution is 2.20. The molecular weight excluding hydrogens is 232 g/mol. The Labute approximate surface area is 107 Å². The number of ether oxygens (including phenoxy) is 2. The van der Waals surface area contributed by atoms with Gasteiger partial charge in [-0.25, -0.2) is 4.98 Å². The van der Waals surface area contributed by atoms with E-state index in [1.807, 2.05) is 12.1 Å². The van der Waals surface area contributed by atoms with Crippen LogP contribution >= 0.6 is 0 Å². The van der Waals surface area contributed by atoms with Crippen LogP contribution in [0.5, 0.6) is 5.88 Å². The molecule has 1 fully saturated rings. The molecule has 5 nitrogen and oxygen atoms in total. The Morgan fingerprint density at radius 2 is 2.44 bits per heavy atom. The molecule has 1 aromatic heterocycles. The number of hydrogen-bond acceptors (Lipinski definition) is 5. The van der Waals surface area contributed by atoms with Gasteiger partial charge in [-0.1, -0.05) is 6.07 Å². The third-order valence-electron chi connectivity index (χ3n) is 3.26. The molecule has 0 aliphatic carbocycles. The number of aliphatic hydroxyl groups excluding tert-OH is 1. The van der Waals surface area contributed by atoms with Gasteiger partial charge in [-0.3, -0.25) is 4.90 Å². The highest BCUT2D eigenvalue weighted by Gasteiger charge is 2.26. The second-order valence-corrected chi connectivity index (χ2v) is 4.59. The Morgan fingerprint density at radius 3 is 3.17 bits per heavy atom. The predicted molar refractivity (Wildman–Crippen MR) is 67.5 cm³/mol. The smallest absolute Gasteiger partial charge is 0.217 e. The van der Waals surface area contributed by atoms with E-state index in [-0.39, 0.29) is 12.7 Å². The van der Waals surface area contributed by atoms with Gasteiger partial charge in [0, 0.05) is 30.9 Å². The summed E-state index contributed by atoms with van der Waals surface area (Å²) < 4.78 is 10.8. The number of nitrogens with zero attached hydrogens (tertiary/aromatic N) is 2. The second kappa shape index (κ2) is 6.13. The molecule has 18 heavy (non-hydrogen) atoms. The number of aromatic nitrogens is 1. The summed E-state index contributed by atoms with van der Waals surface area (Å²) in [6.45, 7) is 4.32. The van der Waals surface area contributed by atoms with Crippen molar-refractivity contribution in [2.24, 2.45) is 0 Å². The Kier molecular flexibility index (Phi) is 4.52. The molecule has 1 N–H and O–H groups in total. The minimum atomic E-state index is -0.0936. The van der Waals surface area contributed by atoms with Crippen molar-refractivity contribution >= 4 is 0 Å². The van der Waals surface area contributed by atoms with Gasteiger partial charge in [-0.15, -0.1) is 0 Å². The van der Waals surface area contributed by atoms with E-state index in [0.29, 0.717) is 18.5 Å². The van der Waals surface area contributed by atoms with Crippen LogP contribution in [0.3, 0.4) is 0 Å². The van der Waals surface area contributed by atoms with Gasteiger partial charge < -0.3 is 14.6 Å². The molecule has 1 saturated heterocycles. The normalized spacial score (nSPS) is 25.1. The van der Waals surface area contributed by atoms with Crippen molar-refractivity contribution in [3.8, 4) is 5.88 Å². The summed E-state index contributed by atoms with van der Waals surface area (Å²) in [6, 6.07) is 4.26. The van der Waals surface area contributed by atoms with Gasteiger partial charge in [0.15, 0.2) is 0 Å². The van der Waals surface area contributed by atoms with Crippen LogP contribution in [0.1, 0.15) is 12.5 Å². The number of rotatable bonds is 4. The van der Waals surface area contributed by atoms with Crippen molar-refractivity contribution in [2.45, 2.75) is 25.6 Å². The predicted octanol–water partition coefficient (Wildman–Crippen LogP) is 0.672. The van der Waals surface area contributed by atoms with E-state index in [1.165, 1.54) is 0 Å². The fourth-order valence-electron chi connectivity index (χ4n) is 2.15. The summed E-state index contributed by atoms with van der Waals surface area (Å²) in [5.74, 6) is 0.664. The van der Waals surface area contributed by atoms with Crippen molar-refractivity contribution in [3.05, 3.63) is 23.9 Å². The lowest BCUT2D eigenvalue weighted by Gasteiger charge is -2.37. The number of hydrogen-bond donors (Lipinski definition) is 1. The summed E-state index contributed by atoms with van der Waals surface area (Å²) in [7, 11) is 1.63. The van der Waals surface area contributed by atoms with E-state index in [2.05, 4.69) is 16.8 Å². The zero-order valence-corrected chi connectivity index (χ0v) is 10.9. The van der Waals surface area contributed by atoms with Gasteiger partial charge in [-0.2, -0.15) is 0 Å². The van der Waals surface area contributed by atoms with E-state index in [1.54, 1.807) is 13.3 Å². The van der Waals surface area contributed by atoms with Crippen molar-refractivity contribution in [1.82, 2.24) is 9.88 Å². The molecule has 2 rings (SSSR count). The summed E-state index contributed by atoms with van der Waals surface area (Å²) in [5.41, 5.74) is 1.06. The lowest BCUT2D eigenvalue weighted by Crippen LogP contribution is -2.48. The van der Waals surface area contributed by atoms with E-state index in [0.717, 1.165) is 18.7 Å². The molecule has 0 aromatic carbocycles. The van der Waals surface area contributed by atoms with Crippen molar-refractivity contribution < 1.29 is 14.6 Å². The molecule has 0 bridgehead atoms. The first-order chi connectivity index (χ1) is 8.74. The van der Waals surface area contributed by atoms with Crippen molar-refractivity contribution in [3.63, 3.8) is 0 Å². The van der Waals surface area contributed by atoms with E-state index in [4.69, 9.17) is 9.47 Å². The lowest BCUT2D eigenvalue weighted by molar-refractivity contribution is -0.0807. The van der Waals surface area contributed by atoms with E-state index < -0.39 is 0 Å². The van der Waals surface area contributed by atoms with Crippen molar-refractivity contribution in [2.75, 3.05) is 26.9 Å². The average Bonchev–Trinajstić information content (AvgIpc) is 2.42. The van der Waals surface area contributed by atoms with E-state index in [9.17, 15) is 5.11 Å². The zero-order valence-electron chi connectivity index (χ0n) is 10.9. The highest BCUT2D eigenvalue weighted by molar-refractivity contribution is 5.25.